The van der Waals surface area contributed by atoms with Crippen LogP contribution in [-0.2, 0) is 21.3 Å². The minimum atomic E-state index is -3.52. The highest BCUT2D eigenvalue weighted by molar-refractivity contribution is 7.89. The van der Waals surface area contributed by atoms with Crippen LogP contribution in [0.25, 0.3) is 0 Å². The zero-order valence-electron chi connectivity index (χ0n) is 10.7. The second-order valence-electron chi connectivity index (χ2n) is 4.80. The van der Waals surface area contributed by atoms with Gasteiger partial charge in [-0.1, -0.05) is 0 Å². The Morgan fingerprint density at radius 3 is 2.78 bits per heavy atom. The lowest BCUT2D eigenvalue weighted by molar-refractivity contribution is 0.0537. The van der Waals surface area contributed by atoms with Crippen LogP contribution >= 0.6 is 0 Å². The number of nitrogens with zero attached hydrogens (tertiary/aromatic N) is 2. The minimum absolute atomic E-state index is 0.220. The quantitative estimate of drug-likeness (QED) is 0.878. The Labute approximate surface area is 107 Å². The maximum Gasteiger partial charge on any atom is 0.258 e. The molecule has 0 amide bonds. The van der Waals surface area contributed by atoms with Gasteiger partial charge >= 0.3 is 0 Å². The van der Waals surface area contributed by atoms with Gasteiger partial charge in [0, 0.05) is 25.3 Å². The first-order valence-electron chi connectivity index (χ1n) is 6.09. The van der Waals surface area contributed by atoms with Crippen LogP contribution in [0.5, 0.6) is 0 Å². The Bertz CT molecular complexity index is 503. The summed E-state index contributed by atoms with van der Waals surface area (Å²) >= 11 is 0. The largest absolute Gasteiger partial charge is 0.381 e. The molecule has 2 rings (SSSR count). The lowest BCUT2D eigenvalue weighted by Gasteiger charge is -2.33. The molecule has 2 heterocycles. The zero-order chi connectivity index (χ0) is 13.2. The van der Waals surface area contributed by atoms with Gasteiger partial charge in [-0.3, -0.25) is 0 Å². The summed E-state index contributed by atoms with van der Waals surface area (Å²) in [6, 6.07) is 0. The molecule has 0 bridgehead atoms. The molecule has 1 fully saturated rings. The first-order valence-corrected chi connectivity index (χ1v) is 7.57. The van der Waals surface area contributed by atoms with E-state index in [9.17, 15) is 8.42 Å². The third-order valence-corrected chi connectivity index (χ3v) is 4.92. The summed E-state index contributed by atoms with van der Waals surface area (Å²) in [7, 11) is -3.52. The molecule has 102 valence electrons. The number of imidazole rings is 1. The predicted octanol–water partition coefficient (Wildman–Crippen LogP) is 0.750. The van der Waals surface area contributed by atoms with Crippen molar-refractivity contribution in [1.82, 2.24) is 14.3 Å². The third-order valence-electron chi connectivity index (χ3n) is 3.27. The summed E-state index contributed by atoms with van der Waals surface area (Å²) in [5.74, 6) is 0. The van der Waals surface area contributed by atoms with E-state index in [2.05, 4.69) is 9.71 Å². The van der Waals surface area contributed by atoms with E-state index in [-0.39, 0.29) is 5.03 Å². The van der Waals surface area contributed by atoms with Crippen molar-refractivity contribution >= 4 is 10.0 Å². The SMILES string of the molecule is CCn1cncc1S(=O)(=O)NC1(C)CCOCC1. The Hall–Kier alpha value is -0.920. The van der Waals surface area contributed by atoms with E-state index in [1.54, 1.807) is 4.57 Å². The number of sulfonamides is 1. The van der Waals surface area contributed by atoms with E-state index < -0.39 is 15.6 Å². The third kappa shape index (κ3) is 2.73. The number of hydrogen-bond acceptors (Lipinski definition) is 4. The summed E-state index contributed by atoms with van der Waals surface area (Å²) < 4.78 is 34.3. The van der Waals surface area contributed by atoms with Crippen molar-refractivity contribution in [3.05, 3.63) is 12.5 Å². The van der Waals surface area contributed by atoms with Gasteiger partial charge in [0.15, 0.2) is 5.03 Å². The van der Waals surface area contributed by atoms with Gasteiger partial charge in [0.05, 0.1) is 12.5 Å². The van der Waals surface area contributed by atoms with E-state index in [4.69, 9.17) is 4.74 Å². The van der Waals surface area contributed by atoms with Crippen LogP contribution < -0.4 is 4.72 Å². The van der Waals surface area contributed by atoms with Gasteiger partial charge in [-0.2, -0.15) is 0 Å². The maximum absolute atomic E-state index is 12.3. The molecule has 0 spiro atoms. The van der Waals surface area contributed by atoms with Crippen LogP contribution in [0.15, 0.2) is 17.6 Å². The van der Waals surface area contributed by atoms with E-state index >= 15 is 0 Å². The molecule has 18 heavy (non-hydrogen) atoms. The summed E-state index contributed by atoms with van der Waals surface area (Å²) in [5, 5.41) is 0.220. The van der Waals surface area contributed by atoms with Crippen molar-refractivity contribution < 1.29 is 13.2 Å². The van der Waals surface area contributed by atoms with Gasteiger partial charge in [-0.05, 0) is 26.7 Å². The smallest absolute Gasteiger partial charge is 0.258 e. The molecular weight excluding hydrogens is 254 g/mol. The van der Waals surface area contributed by atoms with Gasteiger partial charge in [0.1, 0.15) is 0 Å². The molecule has 1 saturated heterocycles. The fourth-order valence-electron chi connectivity index (χ4n) is 2.07. The highest BCUT2D eigenvalue weighted by Gasteiger charge is 2.33. The molecule has 1 N–H and O–H groups in total. The Morgan fingerprint density at radius 2 is 2.17 bits per heavy atom. The molecule has 0 radical (unpaired) electrons. The van der Waals surface area contributed by atoms with E-state index in [0.29, 0.717) is 32.6 Å². The molecule has 7 heteroatoms. The lowest BCUT2D eigenvalue weighted by Crippen LogP contribution is -2.49. The van der Waals surface area contributed by atoms with Gasteiger partial charge in [-0.25, -0.2) is 18.1 Å². The van der Waals surface area contributed by atoms with Crippen LogP contribution in [0.1, 0.15) is 26.7 Å². The summed E-state index contributed by atoms with van der Waals surface area (Å²) in [5.41, 5.74) is -0.431. The minimum Gasteiger partial charge on any atom is -0.381 e. The average molecular weight is 273 g/mol. The fraction of sp³-hybridized carbons (Fsp3) is 0.727. The second-order valence-corrected chi connectivity index (χ2v) is 6.43. The molecule has 1 aromatic heterocycles. The summed E-state index contributed by atoms with van der Waals surface area (Å²) in [6.07, 6.45) is 4.29. The Balaban J connectivity index is 2.21. The zero-order valence-corrected chi connectivity index (χ0v) is 11.5. The van der Waals surface area contributed by atoms with Crippen LogP contribution in [0, 0.1) is 0 Å². The Morgan fingerprint density at radius 1 is 1.50 bits per heavy atom. The van der Waals surface area contributed by atoms with E-state index in [1.807, 2.05) is 13.8 Å². The number of aryl methyl sites for hydroxylation is 1. The molecule has 0 aromatic carbocycles. The molecule has 1 aromatic rings. The highest BCUT2D eigenvalue weighted by atomic mass is 32.2. The predicted molar refractivity (Wildman–Crippen MR) is 66.7 cm³/mol. The molecule has 0 saturated carbocycles. The van der Waals surface area contributed by atoms with Crippen molar-refractivity contribution in [2.24, 2.45) is 0 Å². The van der Waals surface area contributed by atoms with E-state index in [1.165, 1.54) is 12.5 Å². The van der Waals surface area contributed by atoms with Crippen LogP contribution in [0.2, 0.25) is 0 Å². The van der Waals surface area contributed by atoms with Gasteiger partial charge < -0.3 is 9.30 Å². The van der Waals surface area contributed by atoms with Crippen LogP contribution in [0.4, 0.5) is 0 Å². The van der Waals surface area contributed by atoms with Crippen molar-refractivity contribution in [2.75, 3.05) is 13.2 Å². The topological polar surface area (TPSA) is 73.2 Å². The highest BCUT2D eigenvalue weighted by Crippen LogP contribution is 2.22. The second kappa shape index (κ2) is 4.99. The normalized spacial score (nSPS) is 19.9. The van der Waals surface area contributed by atoms with Crippen molar-refractivity contribution in [3.63, 3.8) is 0 Å². The molecule has 6 nitrogen and oxygen atoms in total. The van der Waals surface area contributed by atoms with Gasteiger partial charge in [-0.15, -0.1) is 0 Å². The molecular formula is C11H19N3O3S. The maximum atomic E-state index is 12.3. The van der Waals surface area contributed by atoms with Crippen LogP contribution in [-0.4, -0.2) is 36.7 Å². The number of aromatic nitrogens is 2. The number of nitrogens with one attached hydrogen (secondary N) is 1. The van der Waals surface area contributed by atoms with Gasteiger partial charge in [0.25, 0.3) is 10.0 Å². The number of rotatable bonds is 4. The number of hydrogen-bond donors (Lipinski definition) is 1. The molecule has 0 aliphatic carbocycles. The molecule has 1 aliphatic heterocycles. The van der Waals surface area contributed by atoms with Crippen LogP contribution in [0.3, 0.4) is 0 Å². The molecule has 0 unspecified atom stereocenters. The van der Waals surface area contributed by atoms with Crippen molar-refractivity contribution in [3.8, 4) is 0 Å². The first-order chi connectivity index (χ1) is 8.47. The van der Waals surface area contributed by atoms with Crippen molar-refractivity contribution in [1.29, 1.82) is 0 Å². The summed E-state index contributed by atoms with van der Waals surface area (Å²) in [6.45, 7) is 5.56. The molecule has 0 atom stereocenters. The van der Waals surface area contributed by atoms with E-state index in [0.717, 1.165) is 0 Å². The Kier molecular flexibility index (Phi) is 3.74. The van der Waals surface area contributed by atoms with Crippen molar-refractivity contribution in [2.45, 2.75) is 43.8 Å². The van der Waals surface area contributed by atoms with Gasteiger partial charge in [0.2, 0.25) is 0 Å². The lowest BCUT2D eigenvalue weighted by atomic mass is 9.94. The number of ether oxygens (including phenoxy) is 1. The fourth-order valence-corrected chi connectivity index (χ4v) is 3.71. The monoisotopic (exact) mass is 273 g/mol. The summed E-state index contributed by atoms with van der Waals surface area (Å²) in [4.78, 5) is 3.89. The average Bonchev–Trinajstić information content (AvgIpc) is 2.77. The molecule has 1 aliphatic rings. The standard InChI is InChI=1S/C11H19N3O3S/c1-3-14-9-12-8-10(14)18(15,16)13-11(2)4-6-17-7-5-11/h8-9,13H,3-7H2,1-2H3. The first kappa shape index (κ1) is 13.5.